The van der Waals surface area contributed by atoms with Crippen LogP contribution in [0, 0.1) is 0 Å². The summed E-state index contributed by atoms with van der Waals surface area (Å²) in [7, 11) is 0. The number of nitrogens with one attached hydrogen (secondary N) is 1. The summed E-state index contributed by atoms with van der Waals surface area (Å²) in [5, 5.41) is 3.26. The van der Waals surface area contributed by atoms with E-state index in [9.17, 15) is 14.4 Å². The van der Waals surface area contributed by atoms with Gasteiger partial charge < -0.3 is 5.32 Å². The Hall–Kier alpha value is -1.86. The van der Waals surface area contributed by atoms with Gasteiger partial charge in [0.1, 0.15) is 6.29 Å². The minimum atomic E-state index is -0.639. The molecule has 1 aromatic carbocycles. The van der Waals surface area contributed by atoms with Crippen molar-refractivity contribution < 1.29 is 24.2 Å². The van der Waals surface area contributed by atoms with Crippen molar-refractivity contribution in [1.82, 2.24) is 5.32 Å². The van der Waals surface area contributed by atoms with Crippen molar-refractivity contribution in [2.24, 2.45) is 0 Å². The number of carbonyl (C=O) groups is 3. The average Bonchev–Trinajstić information content (AvgIpc) is 2.65. The smallest absolute Gasteiger partial charge is 0.315 e. The molecule has 7 heteroatoms. The first-order valence-electron chi connectivity index (χ1n) is 7.70. The highest BCUT2D eigenvalue weighted by atomic mass is 32.2. The zero-order valence-electron chi connectivity index (χ0n) is 14.7. The topological polar surface area (TPSA) is 81.7 Å². The molecule has 1 N–H and O–H groups in total. The molecule has 0 unspecified atom stereocenters. The Balaban J connectivity index is 0. The van der Waals surface area contributed by atoms with Gasteiger partial charge in [-0.15, -0.1) is 0 Å². The van der Waals surface area contributed by atoms with Gasteiger partial charge in [-0.1, -0.05) is 44.2 Å². The fourth-order valence-electron chi connectivity index (χ4n) is 1.16. The van der Waals surface area contributed by atoms with Gasteiger partial charge >= 0.3 is 11.9 Å². The van der Waals surface area contributed by atoms with Crippen LogP contribution in [0.2, 0.25) is 0 Å². The van der Waals surface area contributed by atoms with Crippen molar-refractivity contribution in [3.05, 3.63) is 35.9 Å². The monoisotopic (exact) mass is 357 g/mol. The maximum atomic E-state index is 10.0. The lowest BCUT2D eigenvalue weighted by molar-refractivity contribution is -0.255. The number of aldehydes is 1. The SMILES string of the molecule is C1CSCCN1.CC.CC(=O)OOC(C)=O.O=Cc1ccccc1. The summed E-state index contributed by atoms with van der Waals surface area (Å²) in [5.41, 5.74) is 0.729. The fraction of sp³-hybridized carbons (Fsp3) is 0.471. The molecule has 1 heterocycles. The first-order chi connectivity index (χ1) is 11.6. The molecule has 1 saturated heterocycles. The van der Waals surface area contributed by atoms with Gasteiger partial charge in [0.05, 0.1) is 0 Å². The minimum absolute atomic E-state index is 0.639. The second kappa shape index (κ2) is 19.2. The third-order valence-electron chi connectivity index (χ3n) is 2.06. The van der Waals surface area contributed by atoms with Gasteiger partial charge in [0, 0.05) is 44.0 Å². The molecule has 0 saturated carbocycles. The first kappa shape index (κ1) is 24.4. The number of rotatable bonds is 1. The molecule has 1 aliphatic rings. The van der Waals surface area contributed by atoms with Crippen LogP contribution in [-0.4, -0.2) is 42.8 Å². The van der Waals surface area contributed by atoms with E-state index in [-0.39, 0.29) is 0 Å². The highest BCUT2D eigenvalue weighted by molar-refractivity contribution is 7.99. The molecule has 0 radical (unpaired) electrons. The van der Waals surface area contributed by atoms with Crippen molar-refractivity contribution in [2.75, 3.05) is 24.6 Å². The van der Waals surface area contributed by atoms with E-state index in [2.05, 4.69) is 15.1 Å². The van der Waals surface area contributed by atoms with Gasteiger partial charge in [0.2, 0.25) is 0 Å². The molecule has 1 aliphatic heterocycles. The lowest BCUT2D eigenvalue weighted by Crippen LogP contribution is -2.24. The lowest BCUT2D eigenvalue weighted by atomic mass is 10.2. The number of benzene rings is 1. The van der Waals surface area contributed by atoms with E-state index < -0.39 is 11.9 Å². The minimum Gasteiger partial charge on any atom is -0.315 e. The highest BCUT2D eigenvalue weighted by Gasteiger charge is 1.95. The molecule has 6 nitrogen and oxygen atoms in total. The molecule has 2 rings (SSSR count). The van der Waals surface area contributed by atoms with Gasteiger partial charge in [-0.05, 0) is 0 Å². The van der Waals surface area contributed by atoms with E-state index in [1.807, 2.05) is 43.8 Å². The first-order valence-corrected chi connectivity index (χ1v) is 8.86. The Kier molecular flexibility index (Phi) is 19.5. The van der Waals surface area contributed by atoms with E-state index >= 15 is 0 Å². The maximum Gasteiger partial charge on any atom is 0.352 e. The van der Waals surface area contributed by atoms with Crippen molar-refractivity contribution in [2.45, 2.75) is 27.7 Å². The maximum absolute atomic E-state index is 10.0. The van der Waals surface area contributed by atoms with Gasteiger partial charge in [-0.3, -0.25) is 4.79 Å². The van der Waals surface area contributed by atoms with E-state index in [0.29, 0.717) is 0 Å². The Morgan fingerprint density at radius 2 is 1.46 bits per heavy atom. The van der Waals surface area contributed by atoms with Crippen molar-refractivity contribution >= 4 is 30.0 Å². The Bertz CT molecular complexity index is 410. The molecular formula is C17H27NO5S. The van der Waals surface area contributed by atoms with Gasteiger partial charge in [-0.25, -0.2) is 19.4 Å². The molecule has 0 aromatic heterocycles. The summed E-state index contributed by atoms with van der Waals surface area (Å²) < 4.78 is 0. The van der Waals surface area contributed by atoms with Gasteiger partial charge in [0.25, 0.3) is 0 Å². The van der Waals surface area contributed by atoms with Crippen LogP contribution in [0.15, 0.2) is 30.3 Å². The van der Waals surface area contributed by atoms with Crippen molar-refractivity contribution in [3.63, 3.8) is 0 Å². The molecule has 0 aliphatic carbocycles. The summed E-state index contributed by atoms with van der Waals surface area (Å²) in [6.07, 6.45) is 0.833. The van der Waals surface area contributed by atoms with E-state index in [4.69, 9.17) is 0 Å². The van der Waals surface area contributed by atoms with Crippen LogP contribution in [0.4, 0.5) is 0 Å². The molecule has 0 amide bonds. The Morgan fingerprint density at radius 3 is 1.67 bits per heavy atom. The predicted octanol–water partition coefficient (Wildman–Crippen LogP) is 2.88. The summed E-state index contributed by atoms with van der Waals surface area (Å²) in [6, 6.07) is 9.10. The van der Waals surface area contributed by atoms with Crippen LogP contribution < -0.4 is 5.32 Å². The van der Waals surface area contributed by atoms with Crippen LogP contribution in [0.5, 0.6) is 0 Å². The molecule has 24 heavy (non-hydrogen) atoms. The second-order valence-corrected chi connectivity index (χ2v) is 5.27. The molecule has 0 spiro atoms. The van der Waals surface area contributed by atoms with E-state index in [1.54, 1.807) is 12.1 Å². The lowest BCUT2D eigenvalue weighted by Gasteiger charge is -2.08. The van der Waals surface area contributed by atoms with Crippen molar-refractivity contribution in [3.8, 4) is 0 Å². The quantitative estimate of drug-likeness (QED) is 0.470. The van der Waals surface area contributed by atoms with Crippen LogP contribution in [0.3, 0.4) is 0 Å². The molecule has 1 aromatic rings. The molecule has 0 atom stereocenters. The number of carbonyl (C=O) groups excluding carboxylic acids is 3. The Morgan fingerprint density at radius 1 is 1.00 bits per heavy atom. The Labute approximate surface area is 148 Å². The fourth-order valence-corrected chi connectivity index (χ4v) is 1.95. The van der Waals surface area contributed by atoms with Crippen LogP contribution >= 0.6 is 11.8 Å². The number of hydrogen-bond acceptors (Lipinski definition) is 7. The summed E-state index contributed by atoms with van der Waals surface area (Å²) in [4.78, 5) is 37.3. The largest absolute Gasteiger partial charge is 0.352 e. The summed E-state index contributed by atoms with van der Waals surface area (Å²) in [5.74, 6) is 1.33. The second-order valence-electron chi connectivity index (χ2n) is 4.04. The molecular weight excluding hydrogens is 330 g/mol. The van der Waals surface area contributed by atoms with Crippen molar-refractivity contribution in [1.29, 1.82) is 0 Å². The van der Waals surface area contributed by atoms with Gasteiger partial charge in [0.15, 0.2) is 0 Å². The van der Waals surface area contributed by atoms with E-state index in [0.717, 1.165) is 25.7 Å². The predicted molar refractivity (Wildman–Crippen MR) is 96.9 cm³/mol. The third-order valence-corrected chi connectivity index (χ3v) is 3.04. The zero-order chi connectivity index (χ0) is 18.6. The van der Waals surface area contributed by atoms with Crippen LogP contribution in [0.25, 0.3) is 0 Å². The molecule has 0 bridgehead atoms. The third kappa shape index (κ3) is 20.1. The van der Waals surface area contributed by atoms with Crippen LogP contribution in [0.1, 0.15) is 38.1 Å². The molecule has 1 fully saturated rings. The van der Waals surface area contributed by atoms with E-state index in [1.165, 1.54) is 24.6 Å². The summed E-state index contributed by atoms with van der Waals surface area (Å²) >= 11 is 2.03. The van der Waals surface area contributed by atoms with Gasteiger partial charge in [-0.2, -0.15) is 11.8 Å². The molecule has 136 valence electrons. The zero-order valence-corrected chi connectivity index (χ0v) is 15.6. The number of thioether (sulfide) groups is 1. The number of hydrogen-bond donors (Lipinski definition) is 1. The highest BCUT2D eigenvalue weighted by Crippen LogP contribution is 1.99. The normalized spacial score (nSPS) is 11.7. The standard InChI is InChI=1S/C7H6O.C4H9NS.C4H6O4.C2H6/c8-6-7-4-2-1-3-5-7;1-3-6-4-2-5-1;1-3(5)7-8-4(2)6;1-2/h1-6H;5H,1-4H2;1-2H3;1-2H3. The van der Waals surface area contributed by atoms with Crippen LogP contribution in [-0.2, 0) is 19.4 Å². The average molecular weight is 357 g/mol. The summed E-state index contributed by atoms with van der Waals surface area (Å²) in [6.45, 7) is 8.71.